The van der Waals surface area contributed by atoms with Crippen LogP contribution < -0.4 is 0 Å². The molecule has 7 rings (SSSR count). The van der Waals surface area contributed by atoms with Crippen LogP contribution in [-0.4, -0.2) is 4.57 Å². The highest BCUT2D eigenvalue weighted by atomic mass is 15.0. The van der Waals surface area contributed by atoms with Crippen LogP contribution in [0, 0.1) is 11.3 Å². The minimum absolute atomic E-state index is 0.676. The van der Waals surface area contributed by atoms with Gasteiger partial charge in [0.2, 0.25) is 0 Å². The number of nitrogens with zero attached hydrogens (tertiary/aromatic N) is 2. The van der Waals surface area contributed by atoms with Crippen molar-refractivity contribution in [2.75, 3.05) is 0 Å². The second-order valence-electron chi connectivity index (χ2n) is 8.52. The highest BCUT2D eigenvalue weighted by molar-refractivity contribution is 6.16. The standard InChI is InChI=1S/C31H18N2/c32-19-20-12-14-21(15-13-20)22-16-17-30-28(18-22)24-7-2-1-6-23(24)26-9-5-10-27-25-8-3-4-11-29(25)33(30)31(26)27/h1-18H. The molecule has 0 spiro atoms. The topological polar surface area (TPSA) is 28.7 Å². The quantitative estimate of drug-likeness (QED) is 0.266. The highest BCUT2D eigenvalue weighted by Gasteiger charge is 2.24. The van der Waals surface area contributed by atoms with Crippen molar-refractivity contribution in [1.29, 1.82) is 5.26 Å². The fraction of sp³-hybridized carbons (Fsp3) is 0. The Balaban J connectivity index is 1.62. The normalized spacial score (nSPS) is 11.6. The lowest BCUT2D eigenvalue weighted by molar-refractivity contribution is 1.19. The Bertz CT molecular complexity index is 1760. The molecule has 33 heavy (non-hydrogen) atoms. The zero-order valence-corrected chi connectivity index (χ0v) is 17.8. The third kappa shape index (κ3) is 2.48. The summed E-state index contributed by atoms with van der Waals surface area (Å²) in [5.41, 5.74) is 11.6. The van der Waals surface area contributed by atoms with E-state index in [-0.39, 0.29) is 0 Å². The molecule has 0 radical (unpaired) electrons. The second kappa shape index (κ2) is 6.69. The number of aromatic nitrogens is 1. The van der Waals surface area contributed by atoms with Crippen molar-refractivity contribution in [1.82, 2.24) is 4.57 Å². The molecule has 0 saturated heterocycles. The van der Waals surface area contributed by atoms with Crippen molar-refractivity contribution in [3.63, 3.8) is 0 Å². The maximum Gasteiger partial charge on any atom is 0.0991 e. The van der Waals surface area contributed by atoms with Crippen molar-refractivity contribution in [3.8, 4) is 45.1 Å². The predicted molar refractivity (Wildman–Crippen MR) is 135 cm³/mol. The molecule has 2 nitrogen and oxygen atoms in total. The number of benzene rings is 5. The van der Waals surface area contributed by atoms with E-state index in [0.717, 1.165) is 11.1 Å². The number of hydrogen-bond acceptors (Lipinski definition) is 1. The van der Waals surface area contributed by atoms with E-state index in [9.17, 15) is 0 Å². The fourth-order valence-corrected chi connectivity index (χ4v) is 5.30. The van der Waals surface area contributed by atoms with Crippen LogP contribution >= 0.6 is 0 Å². The molecule has 0 amide bonds. The van der Waals surface area contributed by atoms with Gasteiger partial charge >= 0.3 is 0 Å². The molecule has 2 heterocycles. The summed E-state index contributed by atoms with van der Waals surface area (Å²) < 4.78 is 2.43. The Hall–Kier alpha value is -4.61. The first-order valence-electron chi connectivity index (χ1n) is 11.1. The first-order chi connectivity index (χ1) is 16.3. The van der Waals surface area contributed by atoms with Crippen LogP contribution in [0.5, 0.6) is 0 Å². The third-order valence-corrected chi connectivity index (χ3v) is 6.79. The average molecular weight is 418 g/mol. The van der Waals surface area contributed by atoms with Gasteiger partial charge in [-0.3, -0.25) is 0 Å². The lowest BCUT2D eigenvalue weighted by Crippen LogP contribution is -1.96. The Morgan fingerprint density at radius 3 is 2.03 bits per heavy atom. The van der Waals surface area contributed by atoms with Gasteiger partial charge in [0.15, 0.2) is 0 Å². The molecular formula is C31H18N2. The molecule has 1 aliphatic heterocycles. The van der Waals surface area contributed by atoms with Gasteiger partial charge in [0.05, 0.1) is 28.4 Å². The number of rotatable bonds is 1. The first kappa shape index (κ1) is 18.0. The highest BCUT2D eigenvalue weighted by Crippen LogP contribution is 2.47. The van der Waals surface area contributed by atoms with Crippen LogP contribution in [0.3, 0.4) is 0 Å². The third-order valence-electron chi connectivity index (χ3n) is 6.79. The largest absolute Gasteiger partial charge is 0.308 e. The summed E-state index contributed by atoms with van der Waals surface area (Å²) in [4.78, 5) is 0. The van der Waals surface area contributed by atoms with Crippen LogP contribution in [0.1, 0.15) is 5.56 Å². The molecule has 2 heteroatoms. The van der Waals surface area contributed by atoms with E-state index < -0.39 is 0 Å². The number of hydrogen-bond donors (Lipinski definition) is 0. The number of nitriles is 1. The average Bonchev–Trinajstić information content (AvgIpc) is 3.16. The monoisotopic (exact) mass is 418 g/mol. The van der Waals surface area contributed by atoms with E-state index in [1.165, 1.54) is 49.7 Å². The molecule has 6 aromatic rings. The molecule has 0 atom stereocenters. The molecule has 5 aromatic carbocycles. The molecule has 1 aliphatic rings. The Labute approximate surface area is 191 Å². The summed E-state index contributed by atoms with van der Waals surface area (Å²) in [6.45, 7) is 0. The van der Waals surface area contributed by atoms with E-state index >= 15 is 0 Å². The maximum atomic E-state index is 9.17. The van der Waals surface area contributed by atoms with Crippen LogP contribution in [0.4, 0.5) is 0 Å². The molecule has 0 saturated carbocycles. The molecular weight excluding hydrogens is 400 g/mol. The summed E-state index contributed by atoms with van der Waals surface area (Å²) in [6.07, 6.45) is 0. The summed E-state index contributed by atoms with van der Waals surface area (Å²) >= 11 is 0. The zero-order valence-electron chi connectivity index (χ0n) is 17.8. The SMILES string of the molecule is N#Cc1ccc(-c2ccc3c(c2)-c2ccccc2-c2cccc4c5ccccc5n-3c24)cc1. The van der Waals surface area contributed by atoms with Gasteiger partial charge in [0, 0.05) is 21.9 Å². The number of para-hydroxylation sites is 2. The van der Waals surface area contributed by atoms with E-state index in [1.807, 2.05) is 24.3 Å². The van der Waals surface area contributed by atoms with E-state index in [1.54, 1.807) is 0 Å². The van der Waals surface area contributed by atoms with Gasteiger partial charge in [-0.25, -0.2) is 0 Å². The van der Waals surface area contributed by atoms with Crippen LogP contribution in [-0.2, 0) is 0 Å². The minimum Gasteiger partial charge on any atom is -0.308 e. The molecule has 0 unspecified atom stereocenters. The lowest BCUT2D eigenvalue weighted by atomic mass is 9.92. The van der Waals surface area contributed by atoms with E-state index in [2.05, 4.69) is 95.6 Å². The van der Waals surface area contributed by atoms with Gasteiger partial charge in [-0.05, 0) is 52.6 Å². The van der Waals surface area contributed by atoms with Crippen LogP contribution in [0.2, 0.25) is 0 Å². The minimum atomic E-state index is 0.676. The molecule has 0 N–H and O–H groups in total. The fourth-order valence-electron chi connectivity index (χ4n) is 5.30. The molecule has 0 bridgehead atoms. The van der Waals surface area contributed by atoms with Gasteiger partial charge < -0.3 is 4.57 Å². The zero-order chi connectivity index (χ0) is 21.9. The first-order valence-corrected chi connectivity index (χ1v) is 11.1. The van der Waals surface area contributed by atoms with Crippen molar-refractivity contribution < 1.29 is 0 Å². The second-order valence-corrected chi connectivity index (χ2v) is 8.52. The van der Waals surface area contributed by atoms with E-state index in [0.29, 0.717) is 5.56 Å². The van der Waals surface area contributed by atoms with Crippen molar-refractivity contribution in [2.24, 2.45) is 0 Å². The number of fused-ring (bicyclic) bond motifs is 8. The summed E-state index contributed by atoms with van der Waals surface area (Å²) in [6, 6.07) is 40.8. The molecule has 0 fully saturated rings. The smallest absolute Gasteiger partial charge is 0.0991 e. The van der Waals surface area contributed by atoms with Gasteiger partial charge in [-0.15, -0.1) is 0 Å². The maximum absolute atomic E-state index is 9.17. The molecule has 0 aliphatic carbocycles. The lowest BCUT2D eigenvalue weighted by Gasteiger charge is -2.14. The van der Waals surface area contributed by atoms with Crippen molar-refractivity contribution in [2.45, 2.75) is 0 Å². The van der Waals surface area contributed by atoms with Crippen molar-refractivity contribution in [3.05, 3.63) is 115 Å². The molecule has 152 valence electrons. The van der Waals surface area contributed by atoms with Gasteiger partial charge in [-0.2, -0.15) is 5.26 Å². The van der Waals surface area contributed by atoms with Gasteiger partial charge in [-0.1, -0.05) is 78.9 Å². The Morgan fingerprint density at radius 2 is 1.21 bits per heavy atom. The predicted octanol–water partition coefficient (Wildman–Crippen LogP) is 7.97. The van der Waals surface area contributed by atoms with Crippen molar-refractivity contribution >= 4 is 21.8 Å². The Morgan fingerprint density at radius 1 is 0.545 bits per heavy atom. The van der Waals surface area contributed by atoms with Crippen LogP contribution in [0.25, 0.3) is 60.9 Å². The van der Waals surface area contributed by atoms with Crippen LogP contribution in [0.15, 0.2) is 109 Å². The summed E-state index contributed by atoms with van der Waals surface area (Å²) in [7, 11) is 0. The van der Waals surface area contributed by atoms with Gasteiger partial charge in [0.1, 0.15) is 0 Å². The van der Waals surface area contributed by atoms with E-state index in [4.69, 9.17) is 5.26 Å². The Kier molecular flexibility index (Phi) is 3.65. The van der Waals surface area contributed by atoms with Gasteiger partial charge in [0.25, 0.3) is 0 Å². The summed E-state index contributed by atoms with van der Waals surface area (Å²) in [5, 5.41) is 11.7. The summed E-state index contributed by atoms with van der Waals surface area (Å²) in [5.74, 6) is 0. The molecule has 1 aromatic heterocycles.